The predicted octanol–water partition coefficient (Wildman–Crippen LogP) is 2.50. The van der Waals surface area contributed by atoms with E-state index in [1.807, 2.05) is 4.90 Å². The van der Waals surface area contributed by atoms with Crippen LogP contribution in [0.1, 0.15) is 0 Å². The fourth-order valence-corrected chi connectivity index (χ4v) is 2.75. The van der Waals surface area contributed by atoms with Crippen molar-refractivity contribution in [1.29, 1.82) is 0 Å². The Morgan fingerprint density at radius 1 is 1.29 bits per heavy atom. The van der Waals surface area contributed by atoms with Crippen LogP contribution < -0.4 is 4.90 Å². The summed E-state index contributed by atoms with van der Waals surface area (Å²) in [5.74, 6) is 0.208. The van der Waals surface area contributed by atoms with Crippen molar-refractivity contribution in [2.45, 2.75) is 0 Å². The van der Waals surface area contributed by atoms with Crippen molar-refractivity contribution in [3.8, 4) is 0 Å². The first-order valence-corrected chi connectivity index (χ1v) is 7.46. The number of piperazine rings is 1. The molecule has 1 fully saturated rings. The fraction of sp³-hybridized carbons (Fsp3) is 0.545. The number of pyridine rings is 1. The molecule has 1 aliphatic rings. The van der Waals surface area contributed by atoms with Crippen LogP contribution in [-0.4, -0.2) is 47.9 Å². The lowest BCUT2D eigenvalue weighted by molar-refractivity contribution is 0.272. The van der Waals surface area contributed by atoms with Gasteiger partial charge in [-0.1, -0.05) is 15.9 Å². The maximum absolute atomic E-state index is 13.7. The van der Waals surface area contributed by atoms with E-state index in [9.17, 15) is 4.39 Å². The highest BCUT2D eigenvalue weighted by Gasteiger charge is 2.19. The summed E-state index contributed by atoms with van der Waals surface area (Å²) in [6.07, 6.45) is 1.64. The minimum absolute atomic E-state index is 0.256. The highest BCUT2D eigenvalue weighted by molar-refractivity contribution is 9.10. The van der Waals surface area contributed by atoms with E-state index in [2.05, 4.69) is 41.7 Å². The Kier molecular flexibility index (Phi) is 4.76. The van der Waals surface area contributed by atoms with Gasteiger partial charge in [-0.3, -0.25) is 4.90 Å². The van der Waals surface area contributed by atoms with E-state index in [0.717, 1.165) is 38.1 Å². The van der Waals surface area contributed by atoms with Crippen LogP contribution >= 0.6 is 31.9 Å². The Morgan fingerprint density at radius 3 is 2.59 bits per heavy atom. The van der Waals surface area contributed by atoms with Crippen molar-refractivity contribution in [3.63, 3.8) is 0 Å². The van der Waals surface area contributed by atoms with E-state index in [4.69, 9.17) is 0 Å². The van der Waals surface area contributed by atoms with Crippen LogP contribution in [0.2, 0.25) is 0 Å². The van der Waals surface area contributed by atoms with Crippen molar-refractivity contribution in [2.75, 3.05) is 43.0 Å². The van der Waals surface area contributed by atoms with Gasteiger partial charge in [-0.25, -0.2) is 9.37 Å². The fourth-order valence-electron chi connectivity index (χ4n) is 1.94. The third-order valence-corrected chi connectivity index (χ3v) is 3.65. The average molecular weight is 367 g/mol. The van der Waals surface area contributed by atoms with Gasteiger partial charge in [0.2, 0.25) is 0 Å². The number of hydrogen-bond donors (Lipinski definition) is 0. The average Bonchev–Trinajstić information content (AvgIpc) is 2.31. The summed E-state index contributed by atoms with van der Waals surface area (Å²) in [6, 6.07) is 1.47. The van der Waals surface area contributed by atoms with Gasteiger partial charge in [0.15, 0.2) is 11.6 Å². The van der Waals surface area contributed by atoms with E-state index in [0.29, 0.717) is 10.3 Å². The molecule has 2 heterocycles. The maximum Gasteiger partial charge on any atom is 0.166 e. The minimum Gasteiger partial charge on any atom is -0.352 e. The number of halogens is 3. The van der Waals surface area contributed by atoms with Gasteiger partial charge in [-0.15, -0.1) is 0 Å². The van der Waals surface area contributed by atoms with Crippen LogP contribution in [0, 0.1) is 5.82 Å². The lowest BCUT2D eigenvalue weighted by Gasteiger charge is -2.35. The Bertz CT molecular complexity index is 381. The molecule has 0 aliphatic carbocycles. The number of alkyl halides is 1. The molecule has 17 heavy (non-hydrogen) atoms. The smallest absolute Gasteiger partial charge is 0.166 e. The molecule has 3 nitrogen and oxygen atoms in total. The van der Waals surface area contributed by atoms with Gasteiger partial charge in [0.05, 0.1) is 0 Å². The van der Waals surface area contributed by atoms with Gasteiger partial charge >= 0.3 is 0 Å². The lowest BCUT2D eigenvalue weighted by atomic mass is 10.3. The zero-order chi connectivity index (χ0) is 12.3. The third-order valence-electron chi connectivity index (χ3n) is 2.86. The summed E-state index contributed by atoms with van der Waals surface area (Å²) < 4.78 is 14.4. The van der Waals surface area contributed by atoms with E-state index in [-0.39, 0.29) is 5.82 Å². The molecule has 0 saturated carbocycles. The number of nitrogens with zero attached hydrogens (tertiary/aromatic N) is 3. The highest BCUT2D eigenvalue weighted by atomic mass is 79.9. The Labute approximate surface area is 117 Å². The van der Waals surface area contributed by atoms with Crippen LogP contribution in [0.15, 0.2) is 16.7 Å². The topological polar surface area (TPSA) is 19.4 Å². The van der Waals surface area contributed by atoms with Gasteiger partial charge in [-0.05, 0) is 22.0 Å². The normalized spacial score (nSPS) is 17.5. The molecule has 0 spiro atoms. The zero-order valence-corrected chi connectivity index (χ0v) is 12.5. The molecule has 0 aromatic carbocycles. The Morgan fingerprint density at radius 2 is 2.00 bits per heavy atom. The molecule has 1 aromatic heterocycles. The monoisotopic (exact) mass is 365 g/mol. The zero-order valence-electron chi connectivity index (χ0n) is 9.37. The second kappa shape index (κ2) is 6.11. The van der Waals surface area contributed by atoms with Gasteiger partial charge in [-0.2, -0.15) is 0 Å². The first-order valence-electron chi connectivity index (χ1n) is 5.55. The summed E-state index contributed by atoms with van der Waals surface area (Å²) in [5, 5.41) is 0.984. The maximum atomic E-state index is 13.7. The molecule has 1 aliphatic heterocycles. The quantitative estimate of drug-likeness (QED) is 0.766. The second-order valence-electron chi connectivity index (χ2n) is 3.98. The molecule has 1 saturated heterocycles. The molecule has 2 rings (SSSR count). The third kappa shape index (κ3) is 3.39. The summed E-state index contributed by atoms with van der Waals surface area (Å²) in [7, 11) is 0. The summed E-state index contributed by atoms with van der Waals surface area (Å²) in [5.41, 5.74) is 0. The predicted molar refractivity (Wildman–Crippen MR) is 74.3 cm³/mol. The van der Waals surface area contributed by atoms with E-state index in [1.54, 1.807) is 6.20 Å². The number of hydrogen-bond acceptors (Lipinski definition) is 3. The molecule has 0 atom stereocenters. The second-order valence-corrected chi connectivity index (χ2v) is 5.69. The first kappa shape index (κ1) is 13.2. The largest absolute Gasteiger partial charge is 0.352 e. The highest BCUT2D eigenvalue weighted by Crippen LogP contribution is 2.21. The van der Waals surface area contributed by atoms with Crippen molar-refractivity contribution < 1.29 is 4.39 Å². The van der Waals surface area contributed by atoms with Crippen LogP contribution in [0.3, 0.4) is 0 Å². The van der Waals surface area contributed by atoms with Crippen molar-refractivity contribution in [3.05, 3.63) is 22.6 Å². The van der Waals surface area contributed by atoms with E-state index in [1.165, 1.54) is 6.07 Å². The van der Waals surface area contributed by atoms with E-state index >= 15 is 0 Å². The van der Waals surface area contributed by atoms with Crippen LogP contribution in [0.4, 0.5) is 10.2 Å². The molecule has 0 N–H and O–H groups in total. The molecule has 0 amide bonds. The number of aromatic nitrogens is 1. The summed E-state index contributed by atoms with van der Waals surface area (Å²) >= 11 is 6.65. The molecule has 0 unspecified atom stereocenters. The summed E-state index contributed by atoms with van der Waals surface area (Å²) in [6.45, 7) is 4.63. The number of anilines is 1. The summed E-state index contributed by atoms with van der Waals surface area (Å²) in [4.78, 5) is 8.52. The van der Waals surface area contributed by atoms with Crippen molar-refractivity contribution in [1.82, 2.24) is 9.88 Å². The molecule has 0 radical (unpaired) electrons. The van der Waals surface area contributed by atoms with Gasteiger partial charge in [0.25, 0.3) is 0 Å². The van der Waals surface area contributed by atoms with Crippen molar-refractivity contribution >= 4 is 37.7 Å². The van der Waals surface area contributed by atoms with Crippen LogP contribution in [-0.2, 0) is 0 Å². The first-order chi connectivity index (χ1) is 8.20. The lowest BCUT2D eigenvalue weighted by Crippen LogP contribution is -2.47. The molecule has 94 valence electrons. The minimum atomic E-state index is -0.256. The number of rotatable bonds is 3. The SMILES string of the molecule is Fc1cc(Br)cnc1N1CCN(CCBr)CC1. The van der Waals surface area contributed by atoms with Crippen molar-refractivity contribution in [2.24, 2.45) is 0 Å². The molecule has 1 aromatic rings. The van der Waals surface area contributed by atoms with Gasteiger partial charge in [0, 0.05) is 48.7 Å². The van der Waals surface area contributed by atoms with Gasteiger partial charge in [0.1, 0.15) is 0 Å². The molecule has 6 heteroatoms. The van der Waals surface area contributed by atoms with Crippen LogP contribution in [0.25, 0.3) is 0 Å². The van der Waals surface area contributed by atoms with E-state index < -0.39 is 0 Å². The molecular formula is C11H14Br2FN3. The molecular weight excluding hydrogens is 353 g/mol. The Hall–Kier alpha value is -0.200. The molecule has 0 bridgehead atoms. The van der Waals surface area contributed by atoms with Crippen LogP contribution in [0.5, 0.6) is 0 Å². The van der Waals surface area contributed by atoms with Gasteiger partial charge < -0.3 is 4.90 Å². The Balaban J connectivity index is 2.00. The standard InChI is InChI=1S/C11H14Br2FN3/c12-1-2-16-3-5-17(6-4-16)11-10(14)7-9(13)8-15-11/h7-8H,1-6H2.